The summed E-state index contributed by atoms with van der Waals surface area (Å²) < 4.78 is 31.1. The molecule has 160 valence electrons. The highest BCUT2D eigenvalue weighted by Gasteiger charge is 2.67. The molecule has 7 heteroatoms. The number of ether oxygens (including phenoxy) is 1. The fraction of sp³-hybridized carbons (Fsp3) is 0.435. The number of rotatable bonds is 8. The number of anilines is 1. The molecule has 1 aliphatic heterocycles. The van der Waals surface area contributed by atoms with Gasteiger partial charge >= 0.3 is 5.97 Å². The third-order valence-electron chi connectivity index (χ3n) is 6.51. The number of carbonyl (C=O) groups is 1. The molecule has 2 atom stereocenters. The molecule has 2 aromatic carbocycles. The number of sulfonamides is 1. The monoisotopic (exact) mass is 428 g/mol. The summed E-state index contributed by atoms with van der Waals surface area (Å²) in [5.41, 5.74) is 1.93. The zero-order valence-electron chi connectivity index (χ0n) is 17.4. The summed E-state index contributed by atoms with van der Waals surface area (Å²) in [5, 5.41) is 0. The SMILES string of the molecule is CCC1(c2cccc(NS(C)(=O)=O)c2)C2CN(CCC(=O)Oc3ccccc3)CC21. The average molecular weight is 429 g/mol. The zero-order chi connectivity index (χ0) is 21.4. The van der Waals surface area contributed by atoms with Gasteiger partial charge in [-0.2, -0.15) is 0 Å². The molecule has 4 rings (SSSR count). The maximum atomic E-state index is 12.1. The third kappa shape index (κ3) is 4.23. The van der Waals surface area contributed by atoms with Gasteiger partial charge in [0.1, 0.15) is 5.75 Å². The lowest BCUT2D eigenvalue weighted by Gasteiger charge is -2.26. The van der Waals surface area contributed by atoms with E-state index in [0.29, 0.717) is 36.2 Å². The largest absolute Gasteiger partial charge is 0.426 e. The first-order valence-corrected chi connectivity index (χ1v) is 12.3. The Bertz CT molecular complexity index is 1010. The minimum atomic E-state index is -3.29. The Hall–Kier alpha value is -2.38. The highest BCUT2D eigenvalue weighted by molar-refractivity contribution is 7.92. The van der Waals surface area contributed by atoms with Gasteiger partial charge in [0.25, 0.3) is 0 Å². The fourth-order valence-corrected chi connectivity index (χ4v) is 5.72. The Kier molecular flexibility index (Phi) is 5.59. The molecule has 1 saturated carbocycles. The Morgan fingerprint density at radius 3 is 2.47 bits per heavy atom. The Morgan fingerprint density at radius 2 is 1.83 bits per heavy atom. The minimum Gasteiger partial charge on any atom is -0.426 e. The van der Waals surface area contributed by atoms with Crippen molar-refractivity contribution in [2.45, 2.75) is 25.2 Å². The maximum absolute atomic E-state index is 12.1. The normalized spacial score (nSPS) is 25.5. The molecule has 2 unspecified atom stereocenters. The summed E-state index contributed by atoms with van der Waals surface area (Å²) in [6.07, 6.45) is 2.57. The molecule has 0 aromatic heterocycles. The first kappa shape index (κ1) is 20.9. The summed E-state index contributed by atoms with van der Waals surface area (Å²) >= 11 is 0. The molecule has 6 nitrogen and oxygen atoms in total. The van der Waals surface area contributed by atoms with E-state index in [1.807, 2.05) is 30.3 Å². The van der Waals surface area contributed by atoms with Crippen LogP contribution in [0.25, 0.3) is 0 Å². The molecule has 0 radical (unpaired) electrons. The predicted octanol–water partition coefficient (Wildman–Crippen LogP) is 3.26. The number of nitrogens with one attached hydrogen (secondary N) is 1. The molecule has 30 heavy (non-hydrogen) atoms. The van der Waals surface area contributed by atoms with Crippen molar-refractivity contribution in [3.05, 3.63) is 60.2 Å². The van der Waals surface area contributed by atoms with Crippen LogP contribution in [0, 0.1) is 11.8 Å². The van der Waals surface area contributed by atoms with Crippen LogP contribution in [0.5, 0.6) is 5.75 Å². The van der Waals surface area contributed by atoms with Crippen molar-refractivity contribution in [1.29, 1.82) is 0 Å². The van der Waals surface area contributed by atoms with Gasteiger partial charge in [-0.25, -0.2) is 8.42 Å². The number of hydrogen-bond donors (Lipinski definition) is 1. The van der Waals surface area contributed by atoms with Gasteiger partial charge in [0.2, 0.25) is 10.0 Å². The van der Waals surface area contributed by atoms with Gasteiger partial charge in [-0.05, 0) is 48.1 Å². The van der Waals surface area contributed by atoms with E-state index in [9.17, 15) is 13.2 Å². The van der Waals surface area contributed by atoms with Gasteiger partial charge in [-0.1, -0.05) is 37.3 Å². The number of benzene rings is 2. The zero-order valence-corrected chi connectivity index (χ0v) is 18.2. The van der Waals surface area contributed by atoms with E-state index in [2.05, 4.69) is 22.6 Å². The van der Waals surface area contributed by atoms with Crippen molar-refractivity contribution >= 4 is 21.7 Å². The van der Waals surface area contributed by atoms with Crippen LogP contribution in [0.3, 0.4) is 0 Å². The van der Waals surface area contributed by atoms with Crippen LogP contribution >= 0.6 is 0 Å². The second-order valence-electron chi connectivity index (χ2n) is 8.36. The molecule has 1 N–H and O–H groups in total. The highest BCUT2D eigenvalue weighted by atomic mass is 32.2. The number of carbonyl (C=O) groups excluding carboxylic acids is 1. The Morgan fingerprint density at radius 1 is 1.13 bits per heavy atom. The maximum Gasteiger partial charge on any atom is 0.312 e. The van der Waals surface area contributed by atoms with Crippen molar-refractivity contribution in [3.8, 4) is 5.75 Å². The second-order valence-corrected chi connectivity index (χ2v) is 10.1. The molecule has 0 spiro atoms. The molecule has 1 saturated heterocycles. The lowest BCUT2D eigenvalue weighted by Crippen LogP contribution is -2.32. The van der Waals surface area contributed by atoms with E-state index in [4.69, 9.17) is 4.74 Å². The van der Waals surface area contributed by atoms with E-state index >= 15 is 0 Å². The molecule has 1 heterocycles. The Balaban J connectivity index is 1.34. The number of fused-ring (bicyclic) bond motifs is 1. The number of hydrogen-bond acceptors (Lipinski definition) is 5. The van der Waals surface area contributed by atoms with E-state index in [1.165, 1.54) is 11.8 Å². The van der Waals surface area contributed by atoms with E-state index in [1.54, 1.807) is 18.2 Å². The first-order chi connectivity index (χ1) is 14.3. The number of esters is 1. The minimum absolute atomic E-state index is 0.107. The van der Waals surface area contributed by atoms with E-state index in [-0.39, 0.29) is 11.4 Å². The number of nitrogens with zero attached hydrogens (tertiary/aromatic N) is 1. The molecular weight excluding hydrogens is 400 g/mol. The van der Waals surface area contributed by atoms with E-state index in [0.717, 1.165) is 19.5 Å². The average Bonchev–Trinajstić information content (AvgIpc) is 3.08. The van der Waals surface area contributed by atoms with Gasteiger partial charge in [0.05, 0.1) is 12.7 Å². The molecule has 2 aliphatic rings. The van der Waals surface area contributed by atoms with Gasteiger partial charge in [-0.15, -0.1) is 0 Å². The van der Waals surface area contributed by atoms with Crippen molar-refractivity contribution in [2.75, 3.05) is 30.6 Å². The van der Waals surface area contributed by atoms with Crippen molar-refractivity contribution in [1.82, 2.24) is 4.90 Å². The highest BCUT2D eigenvalue weighted by Crippen LogP contribution is 2.65. The van der Waals surface area contributed by atoms with Crippen LogP contribution in [-0.2, 0) is 20.2 Å². The standard InChI is InChI=1S/C23H28N2O4S/c1-3-23(17-8-7-9-18(14-17)24-30(2,27)28)20-15-25(16-21(20)23)13-12-22(26)29-19-10-5-4-6-11-19/h4-11,14,20-21,24H,3,12-13,15-16H2,1-2H3. The molecule has 1 aliphatic carbocycles. The van der Waals surface area contributed by atoms with Gasteiger partial charge in [0.15, 0.2) is 0 Å². The summed E-state index contributed by atoms with van der Waals surface area (Å²) in [5.74, 6) is 1.46. The molecule has 0 amide bonds. The quantitative estimate of drug-likeness (QED) is 0.516. The van der Waals surface area contributed by atoms with Crippen LogP contribution in [0.1, 0.15) is 25.3 Å². The van der Waals surface area contributed by atoms with Crippen LogP contribution < -0.4 is 9.46 Å². The molecule has 2 fully saturated rings. The van der Waals surface area contributed by atoms with Crippen molar-refractivity contribution < 1.29 is 17.9 Å². The van der Waals surface area contributed by atoms with Gasteiger partial charge in [0, 0.05) is 30.7 Å². The molecule has 2 aromatic rings. The lowest BCUT2D eigenvalue weighted by molar-refractivity contribution is -0.134. The Labute approximate surface area is 178 Å². The van der Waals surface area contributed by atoms with E-state index < -0.39 is 10.0 Å². The van der Waals surface area contributed by atoms with Crippen LogP contribution in [-0.4, -0.2) is 45.2 Å². The van der Waals surface area contributed by atoms with Crippen LogP contribution in [0.2, 0.25) is 0 Å². The fourth-order valence-electron chi connectivity index (χ4n) is 5.16. The smallest absolute Gasteiger partial charge is 0.312 e. The van der Waals surface area contributed by atoms with Gasteiger partial charge in [-0.3, -0.25) is 9.52 Å². The molecular formula is C23H28N2O4S. The number of para-hydroxylation sites is 1. The summed E-state index contributed by atoms with van der Waals surface area (Å²) in [4.78, 5) is 14.5. The van der Waals surface area contributed by atoms with Gasteiger partial charge < -0.3 is 9.64 Å². The van der Waals surface area contributed by atoms with Crippen molar-refractivity contribution in [3.63, 3.8) is 0 Å². The lowest BCUT2D eigenvalue weighted by atomic mass is 9.87. The third-order valence-corrected chi connectivity index (χ3v) is 7.11. The second kappa shape index (κ2) is 8.04. The summed E-state index contributed by atoms with van der Waals surface area (Å²) in [6.45, 7) is 4.83. The van der Waals surface area contributed by atoms with Crippen molar-refractivity contribution in [2.24, 2.45) is 11.8 Å². The summed E-state index contributed by atoms with van der Waals surface area (Å²) in [7, 11) is -3.29. The first-order valence-electron chi connectivity index (χ1n) is 10.4. The topological polar surface area (TPSA) is 75.7 Å². The predicted molar refractivity (Wildman–Crippen MR) is 117 cm³/mol. The van der Waals surface area contributed by atoms with Crippen LogP contribution in [0.15, 0.2) is 54.6 Å². The molecule has 0 bridgehead atoms. The van der Waals surface area contributed by atoms with Crippen LogP contribution in [0.4, 0.5) is 5.69 Å². The summed E-state index contributed by atoms with van der Waals surface area (Å²) in [6, 6.07) is 16.9. The number of likely N-dealkylation sites (tertiary alicyclic amines) is 1. The number of piperidine rings is 1.